The Morgan fingerprint density at radius 3 is 2.60 bits per heavy atom. The van der Waals surface area contributed by atoms with Crippen molar-refractivity contribution in [3.05, 3.63) is 34.7 Å². The van der Waals surface area contributed by atoms with Gasteiger partial charge in [-0.05, 0) is 49.3 Å². The lowest BCUT2D eigenvalue weighted by Crippen LogP contribution is -2.47. The minimum Gasteiger partial charge on any atom is -0.409 e. The summed E-state index contributed by atoms with van der Waals surface area (Å²) in [6.45, 7) is 0. The highest BCUT2D eigenvalue weighted by Gasteiger charge is 2.31. The van der Waals surface area contributed by atoms with Gasteiger partial charge in [0.15, 0.2) is 0 Å². The van der Waals surface area contributed by atoms with Gasteiger partial charge in [-0.1, -0.05) is 12.8 Å². The van der Waals surface area contributed by atoms with Gasteiger partial charge in [0, 0.05) is 24.2 Å². The minimum atomic E-state index is -0.185. The summed E-state index contributed by atoms with van der Waals surface area (Å²) < 4.78 is 5.25. The number of nitrogens with one attached hydrogen (secondary N) is 3. The zero-order valence-electron chi connectivity index (χ0n) is 13.9. The van der Waals surface area contributed by atoms with E-state index in [-0.39, 0.29) is 28.6 Å². The first kappa shape index (κ1) is 17.3. The molecule has 1 aromatic heterocycles. The zero-order valence-corrected chi connectivity index (χ0v) is 14.7. The van der Waals surface area contributed by atoms with Gasteiger partial charge >= 0.3 is 0 Å². The Balaban J connectivity index is 1.70. The molecule has 2 atom stereocenters. The molecule has 8 heteroatoms. The highest BCUT2D eigenvalue weighted by Crippen LogP contribution is 2.25. The van der Waals surface area contributed by atoms with Gasteiger partial charge in [-0.2, -0.15) is 0 Å². The summed E-state index contributed by atoms with van der Waals surface area (Å²) in [6.07, 6.45) is 3.64. The van der Waals surface area contributed by atoms with Crippen molar-refractivity contribution in [1.29, 1.82) is 0 Å². The number of hydrogen-bond donors (Lipinski definition) is 3. The molecule has 0 spiro atoms. The fourth-order valence-corrected chi connectivity index (χ4v) is 3.30. The number of aromatic amines is 1. The van der Waals surface area contributed by atoms with Crippen LogP contribution in [0.3, 0.4) is 0 Å². The van der Waals surface area contributed by atoms with Crippen LogP contribution >= 0.6 is 12.2 Å². The van der Waals surface area contributed by atoms with Gasteiger partial charge in [0.05, 0.1) is 5.92 Å². The van der Waals surface area contributed by atoms with E-state index in [4.69, 9.17) is 16.6 Å². The molecular weight excluding hydrogens is 340 g/mol. The number of H-pyrrole nitrogens is 1. The van der Waals surface area contributed by atoms with Gasteiger partial charge in [0.25, 0.3) is 10.7 Å². The predicted molar refractivity (Wildman–Crippen MR) is 94.4 cm³/mol. The molecule has 1 fully saturated rings. The van der Waals surface area contributed by atoms with E-state index in [0.29, 0.717) is 11.5 Å². The van der Waals surface area contributed by atoms with E-state index in [2.05, 4.69) is 20.8 Å². The minimum absolute atomic E-state index is 0.0137. The van der Waals surface area contributed by atoms with Crippen LogP contribution in [0.15, 0.2) is 28.7 Å². The standard InChI is InChI=1S/C17H20N4O3S/c1-18-15(23)12-4-2-3-5-13(12)19-14(22)10-6-8-11(9-7-10)16-20-21-17(25)24-16/h6-9,12-13H,2-5H2,1H3,(H,18,23)(H,19,22)(H,21,25)/t12-,13+/m1/s1. The number of nitrogens with zero attached hydrogens (tertiary/aromatic N) is 1. The van der Waals surface area contributed by atoms with Crippen molar-refractivity contribution in [2.24, 2.45) is 5.92 Å². The number of rotatable bonds is 4. The normalized spacial score (nSPS) is 20.0. The summed E-state index contributed by atoms with van der Waals surface area (Å²) in [4.78, 5) is 24.7. The largest absolute Gasteiger partial charge is 0.409 e. The van der Waals surface area contributed by atoms with Crippen molar-refractivity contribution in [1.82, 2.24) is 20.8 Å². The number of benzene rings is 1. The molecule has 2 amide bonds. The van der Waals surface area contributed by atoms with Crippen LogP contribution in [0.1, 0.15) is 36.0 Å². The average molecular weight is 360 g/mol. The van der Waals surface area contributed by atoms with E-state index >= 15 is 0 Å². The third-order valence-corrected chi connectivity index (χ3v) is 4.67. The molecule has 0 aliphatic heterocycles. The molecule has 2 aromatic rings. The second kappa shape index (κ2) is 7.60. The highest BCUT2D eigenvalue weighted by molar-refractivity contribution is 7.71. The van der Waals surface area contributed by atoms with Crippen LogP contribution in [0.25, 0.3) is 11.5 Å². The molecule has 25 heavy (non-hydrogen) atoms. The second-order valence-corrected chi connectivity index (χ2v) is 6.45. The van der Waals surface area contributed by atoms with Crippen LogP contribution < -0.4 is 10.6 Å². The van der Waals surface area contributed by atoms with Crippen molar-refractivity contribution >= 4 is 24.0 Å². The van der Waals surface area contributed by atoms with Crippen molar-refractivity contribution < 1.29 is 14.0 Å². The molecular formula is C17H20N4O3S. The Bertz CT molecular complexity index is 812. The Labute approximate surface area is 150 Å². The van der Waals surface area contributed by atoms with E-state index in [0.717, 1.165) is 31.2 Å². The van der Waals surface area contributed by atoms with E-state index in [1.54, 1.807) is 31.3 Å². The third kappa shape index (κ3) is 3.96. The molecule has 1 saturated carbocycles. The van der Waals surface area contributed by atoms with Gasteiger partial charge in [-0.3, -0.25) is 9.59 Å². The Morgan fingerprint density at radius 1 is 1.24 bits per heavy atom. The monoisotopic (exact) mass is 360 g/mol. The number of amides is 2. The first-order valence-electron chi connectivity index (χ1n) is 8.27. The van der Waals surface area contributed by atoms with Gasteiger partial charge in [0.2, 0.25) is 11.8 Å². The van der Waals surface area contributed by atoms with Crippen LogP contribution in [0.5, 0.6) is 0 Å². The second-order valence-electron chi connectivity index (χ2n) is 6.08. The molecule has 132 valence electrons. The fourth-order valence-electron chi connectivity index (χ4n) is 3.17. The summed E-state index contributed by atoms with van der Waals surface area (Å²) in [5, 5.41) is 12.2. The molecule has 1 aromatic carbocycles. The topological polar surface area (TPSA) is 100 Å². The van der Waals surface area contributed by atoms with E-state index in [1.807, 2.05) is 0 Å². The van der Waals surface area contributed by atoms with Crippen LogP contribution in [-0.2, 0) is 4.79 Å². The Hall–Kier alpha value is -2.48. The maximum absolute atomic E-state index is 12.5. The van der Waals surface area contributed by atoms with Crippen molar-refractivity contribution in [2.75, 3.05) is 7.05 Å². The van der Waals surface area contributed by atoms with Crippen molar-refractivity contribution in [3.63, 3.8) is 0 Å². The van der Waals surface area contributed by atoms with Gasteiger partial charge in [0.1, 0.15) is 0 Å². The maximum atomic E-state index is 12.5. The summed E-state index contributed by atoms with van der Waals surface area (Å²) in [5.74, 6) is 0.00899. The molecule has 1 aliphatic carbocycles. The summed E-state index contributed by atoms with van der Waals surface area (Å²) in [5.41, 5.74) is 1.25. The van der Waals surface area contributed by atoms with Gasteiger partial charge < -0.3 is 15.1 Å². The average Bonchev–Trinajstić information content (AvgIpc) is 3.08. The number of carbonyl (C=O) groups excluding carboxylic acids is 2. The smallest absolute Gasteiger partial charge is 0.284 e. The summed E-state index contributed by atoms with van der Waals surface area (Å²) in [7, 11) is 1.63. The molecule has 1 aliphatic rings. The van der Waals surface area contributed by atoms with Gasteiger partial charge in [-0.15, -0.1) is 5.10 Å². The lowest BCUT2D eigenvalue weighted by Gasteiger charge is -2.30. The summed E-state index contributed by atoms with van der Waals surface area (Å²) in [6, 6.07) is 6.77. The lowest BCUT2D eigenvalue weighted by molar-refractivity contribution is -0.126. The fraction of sp³-hybridized carbons (Fsp3) is 0.412. The van der Waals surface area contributed by atoms with E-state index in [1.165, 1.54) is 0 Å². The molecule has 3 N–H and O–H groups in total. The van der Waals surface area contributed by atoms with Crippen LogP contribution in [-0.4, -0.2) is 35.1 Å². The van der Waals surface area contributed by atoms with Crippen LogP contribution in [0.2, 0.25) is 0 Å². The predicted octanol–water partition coefficient (Wildman–Crippen LogP) is 2.43. The zero-order chi connectivity index (χ0) is 17.8. The summed E-state index contributed by atoms with van der Waals surface area (Å²) >= 11 is 4.85. The maximum Gasteiger partial charge on any atom is 0.284 e. The first-order valence-corrected chi connectivity index (χ1v) is 8.67. The molecule has 7 nitrogen and oxygen atoms in total. The first-order chi connectivity index (χ1) is 12.1. The molecule has 0 unspecified atom stereocenters. The third-order valence-electron chi connectivity index (χ3n) is 4.50. The highest BCUT2D eigenvalue weighted by atomic mass is 32.1. The number of aromatic nitrogens is 2. The molecule has 0 radical (unpaired) electrons. The van der Waals surface area contributed by atoms with Gasteiger partial charge in [-0.25, -0.2) is 5.10 Å². The van der Waals surface area contributed by atoms with Crippen molar-refractivity contribution in [3.8, 4) is 11.5 Å². The van der Waals surface area contributed by atoms with Crippen LogP contribution in [0.4, 0.5) is 0 Å². The molecule has 1 heterocycles. The molecule has 0 saturated heterocycles. The van der Waals surface area contributed by atoms with Crippen molar-refractivity contribution in [2.45, 2.75) is 31.7 Å². The van der Waals surface area contributed by atoms with E-state index < -0.39 is 0 Å². The SMILES string of the molecule is CNC(=O)[C@@H]1CCCC[C@@H]1NC(=O)c1ccc(-c2n[nH]c(=S)o2)cc1. The molecule has 3 rings (SSSR count). The Kier molecular flexibility index (Phi) is 5.28. The number of carbonyl (C=O) groups is 2. The Morgan fingerprint density at radius 2 is 1.96 bits per heavy atom. The molecule has 0 bridgehead atoms. The quantitative estimate of drug-likeness (QED) is 0.727. The van der Waals surface area contributed by atoms with Crippen LogP contribution in [0, 0.1) is 10.8 Å². The number of hydrogen-bond acceptors (Lipinski definition) is 5. The lowest BCUT2D eigenvalue weighted by atomic mass is 9.83. The van der Waals surface area contributed by atoms with E-state index in [9.17, 15) is 9.59 Å².